The van der Waals surface area contributed by atoms with E-state index in [1.165, 1.54) is 236 Å². The number of fused-ring (bicyclic) bond motifs is 4. The molecular formula is C97H119ClN4O4Si. The molecule has 8 nitrogen and oxygen atoms in total. The maximum Gasteiger partial charge on any atom is 0.177 e. The maximum atomic E-state index is 8.49. The lowest BCUT2D eigenvalue weighted by atomic mass is 9.79. The van der Waals surface area contributed by atoms with Gasteiger partial charge in [0.1, 0.15) is 0 Å². The first kappa shape index (κ1) is 79.9. The Morgan fingerprint density at radius 1 is 0.383 bits per heavy atom. The Hall–Kier alpha value is -8.12. The molecule has 11 aromatic rings. The van der Waals surface area contributed by atoms with Crippen molar-refractivity contribution in [3.05, 3.63) is 245 Å². The summed E-state index contributed by atoms with van der Waals surface area (Å²) in [5, 5.41) is 3.32. The molecule has 5 heterocycles. The van der Waals surface area contributed by atoms with Gasteiger partial charge in [-0.1, -0.05) is 249 Å². The molecule has 0 N–H and O–H groups in total. The molecule has 4 unspecified atom stereocenters. The first-order chi connectivity index (χ1) is 51.7. The van der Waals surface area contributed by atoms with Gasteiger partial charge in [-0.05, 0) is 214 Å². The van der Waals surface area contributed by atoms with Crippen molar-refractivity contribution in [3.8, 4) is 67.0 Å². The van der Waals surface area contributed by atoms with Gasteiger partial charge in [-0.3, -0.25) is 0 Å². The highest BCUT2D eigenvalue weighted by molar-refractivity contribution is 7.03. The van der Waals surface area contributed by atoms with E-state index >= 15 is 0 Å². The topological polar surface area (TPSA) is 108 Å². The highest BCUT2D eigenvalue weighted by Crippen LogP contribution is 2.50. The lowest BCUT2D eigenvalue weighted by Gasteiger charge is -2.43. The van der Waals surface area contributed by atoms with Crippen LogP contribution in [0.3, 0.4) is 0 Å². The summed E-state index contributed by atoms with van der Waals surface area (Å²) in [7, 11) is 0.692. The van der Waals surface area contributed by atoms with Crippen molar-refractivity contribution >= 4 is 40.9 Å². The summed E-state index contributed by atoms with van der Waals surface area (Å²) in [6.45, 7) is 24.3. The predicted octanol–water partition coefficient (Wildman–Crippen LogP) is 21.0. The molecule has 107 heavy (non-hydrogen) atoms. The minimum absolute atomic E-state index is 0.564. The van der Waals surface area contributed by atoms with Gasteiger partial charge in [-0.2, -0.15) is 0 Å². The Bertz CT molecular complexity index is 4410. The van der Waals surface area contributed by atoms with Gasteiger partial charge in [0.05, 0.1) is 45.0 Å². The van der Waals surface area contributed by atoms with E-state index in [0.717, 1.165) is 25.7 Å². The molecule has 0 saturated carbocycles. The van der Waals surface area contributed by atoms with E-state index in [4.69, 9.17) is 18.6 Å². The lowest BCUT2D eigenvalue weighted by Crippen LogP contribution is -2.68. The van der Waals surface area contributed by atoms with E-state index in [-0.39, 0.29) is 0 Å². The van der Waals surface area contributed by atoms with Crippen LogP contribution in [-0.4, -0.2) is 45.1 Å². The summed E-state index contributed by atoms with van der Waals surface area (Å²) < 4.78 is 39.3. The van der Waals surface area contributed by atoms with Gasteiger partial charge in [-0.15, -0.1) is 10.2 Å². The number of benzene rings is 7. The Morgan fingerprint density at radius 3 is 1.07 bits per heavy atom. The van der Waals surface area contributed by atoms with Crippen LogP contribution in [0.5, 0.6) is 0 Å². The van der Waals surface area contributed by atoms with E-state index in [1.54, 1.807) is 10.4 Å². The molecule has 10 heteroatoms. The molecule has 0 amide bonds. The average Bonchev–Trinajstić information content (AvgIpc) is 1.57. The number of halogens is 1. The van der Waals surface area contributed by atoms with Crippen molar-refractivity contribution in [3.63, 3.8) is 0 Å². The average molecular weight is 1470 g/mol. The summed E-state index contributed by atoms with van der Waals surface area (Å²) >= 11 is 0. The van der Waals surface area contributed by atoms with Gasteiger partial charge in [0.25, 0.3) is 0 Å². The number of hydrogen-bond donors (Lipinski definition) is 0. The number of aromatic nitrogens is 2. The fourth-order valence-electron chi connectivity index (χ4n) is 18.0. The van der Waals surface area contributed by atoms with E-state index in [0.29, 0.717) is 23.7 Å². The van der Waals surface area contributed by atoms with Crippen LogP contribution in [-0.2, 0) is 12.8 Å². The monoisotopic (exact) mass is 1470 g/mol. The molecule has 4 atom stereocenters. The molecule has 1 aliphatic heterocycles. The minimum Gasteiger partial charge on any atom is -0.378 e. The number of pyridine rings is 2. The third-order valence-electron chi connectivity index (χ3n) is 24.0. The molecule has 7 aromatic carbocycles. The molecule has 12 rings (SSSR count). The fraction of sp³-hybridized carbons (Fsp3) is 0.392. The smallest absolute Gasteiger partial charge is 0.177 e. The minimum atomic E-state index is -4.94. The van der Waals surface area contributed by atoms with Crippen LogP contribution in [0.25, 0.3) is 78.1 Å². The quantitative estimate of drug-likeness (QED) is 0.0300. The normalized spacial score (nSPS) is 14.7. The molecule has 4 aromatic heterocycles. The number of rotatable bonds is 33. The van der Waals surface area contributed by atoms with Crippen molar-refractivity contribution in [2.75, 3.05) is 38.0 Å². The van der Waals surface area contributed by atoms with E-state index in [1.807, 2.05) is 0 Å². The van der Waals surface area contributed by atoms with Crippen LogP contribution in [0.15, 0.2) is 200 Å². The van der Waals surface area contributed by atoms with Gasteiger partial charge < -0.3 is 18.6 Å². The van der Waals surface area contributed by atoms with Crippen LogP contribution in [0.2, 0.25) is 12.1 Å². The molecule has 0 spiro atoms. The Labute approximate surface area is 645 Å². The molecule has 0 bridgehead atoms. The zero-order valence-corrected chi connectivity index (χ0v) is 68.6. The lowest BCUT2D eigenvalue weighted by molar-refractivity contribution is -2.00. The van der Waals surface area contributed by atoms with Crippen molar-refractivity contribution in [1.29, 1.82) is 0 Å². The van der Waals surface area contributed by atoms with Crippen LogP contribution in [0.1, 0.15) is 197 Å². The Kier molecular flexibility index (Phi) is 27.2. The van der Waals surface area contributed by atoms with E-state index in [2.05, 4.69) is 316 Å². The summed E-state index contributed by atoms with van der Waals surface area (Å²) in [6.07, 6.45) is 26.5. The van der Waals surface area contributed by atoms with Crippen LogP contribution >= 0.6 is 0 Å². The highest BCUT2D eigenvalue weighted by Gasteiger charge is 2.53. The first-order valence-electron chi connectivity index (χ1n) is 40.6. The van der Waals surface area contributed by atoms with E-state index in [9.17, 15) is 0 Å². The standard InChI is InChI=1S/C97H119N4Si.ClHO4/c1-15-23-36-70(19-5)60-86-88-62-78(74-44-50-82(51-45-74)98(11)12)56-58-100(88)96(93(86)76-40-29-27-30-41-76)80-48-54-84-90(64-80)102(66-72(21-7)38-25-17-3,67-73(22-8)39-26-18-4)91-65-81(49-55-85(91)95(84)92-68(9)34-33-35-69(92)10)97-94(77-42-31-28-32-43-77)87(61-71(20-6)37-24-16-2)89-63-79(57-59-101(89)97)75-46-52-83(53-47-75)99(13)14;2-1(3,4)5/h27-35,40-59,62-65,70-73H,15-26,36-39,60-61,66-67H2,1-14H3;(H,2,3,4,5)/q+1;/p-1. The number of anilines is 2. The van der Waals surface area contributed by atoms with Crippen molar-refractivity contribution in [1.82, 2.24) is 8.80 Å². The SMILES string of the molecule is CCCCC(CC)Cc1c(-c2ccccc2)c(-c2ccc3c(c2)[Si](CC(CC)CCCC)(CC(CC)CCCC)c2cc(-c4c(-c5ccccc5)c(CC(CC)CCCC)c5cc(-c6ccc(N(C)C)cc6)ccn45)ccc2[C+]3c2c(C)cccc2C)n2ccc(-c3ccc(N(C)C)cc3)cc12.[O-][Cl+3]([O-])([O-])[O-]. The summed E-state index contributed by atoms with van der Waals surface area (Å²) in [6, 6.07) is 77.3. The van der Waals surface area contributed by atoms with Gasteiger partial charge in [0.2, 0.25) is 0 Å². The number of aryl methyl sites for hydroxylation is 2. The number of unbranched alkanes of at least 4 members (excludes halogenated alkanes) is 4. The largest absolute Gasteiger partial charge is 0.378 e. The van der Waals surface area contributed by atoms with Gasteiger partial charge in [0.15, 0.2) is 8.07 Å². The zero-order valence-electron chi connectivity index (χ0n) is 66.8. The second-order valence-corrected chi connectivity index (χ2v) is 36.3. The molecule has 562 valence electrons. The van der Waals surface area contributed by atoms with Gasteiger partial charge in [0, 0.05) is 85.3 Å². The van der Waals surface area contributed by atoms with E-state index < -0.39 is 18.3 Å². The molecule has 1 aliphatic rings. The van der Waals surface area contributed by atoms with Crippen LogP contribution in [0, 0.1) is 53.7 Å². The van der Waals surface area contributed by atoms with Crippen LogP contribution in [0.4, 0.5) is 11.4 Å². The number of hydrogen-bond acceptors (Lipinski definition) is 6. The van der Waals surface area contributed by atoms with Crippen LogP contribution < -0.4 is 38.8 Å². The Morgan fingerprint density at radius 2 is 0.729 bits per heavy atom. The zero-order chi connectivity index (χ0) is 76.1. The highest BCUT2D eigenvalue weighted by atomic mass is 35.7. The molecule has 0 fully saturated rings. The number of nitrogens with zero attached hydrogens (tertiary/aromatic N) is 4. The van der Waals surface area contributed by atoms with Gasteiger partial charge >= 0.3 is 0 Å². The molecule has 0 radical (unpaired) electrons. The van der Waals surface area contributed by atoms with Crippen molar-refractivity contribution < 1.29 is 28.9 Å². The summed E-state index contributed by atoms with van der Waals surface area (Å²) in [4.78, 5) is 4.41. The van der Waals surface area contributed by atoms with Crippen molar-refractivity contribution in [2.24, 2.45) is 23.7 Å². The third-order valence-corrected chi connectivity index (χ3v) is 29.4. The summed E-state index contributed by atoms with van der Waals surface area (Å²) in [5.41, 5.74) is 30.9. The maximum absolute atomic E-state index is 8.49. The second-order valence-electron chi connectivity index (χ2n) is 31.5. The molecular weight excluding hydrogens is 1350 g/mol. The fourth-order valence-corrected chi connectivity index (χ4v) is 24.6. The molecule has 0 aliphatic carbocycles. The third kappa shape index (κ3) is 18.0. The molecule has 0 saturated heterocycles. The predicted molar refractivity (Wildman–Crippen MR) is 448 cm³/mol. The Balaban J connectivity index is 0.00000221. The second kappa shape index (κ2) is 36.4. The van der Waals surface area contributed by atoms with Crippen molar-refractivity contribution in [2.45, 2.75) is 197 Å². The van der Waals surface area contributed by atoms with Gasteiger partial charge in [-0.25, -0.2) is 18.6 Å². The first-order valence-corrected chi connectivity index (χ1v) is 44.2. The summed E-state index contributed by atoms with van der Waals surface area (Å²) in [5.74, 6) is 3.71.